The number of likely N-dealkylation sites (tertiary alicyclic amines) is 1. The summed E-state index contributed by atoms with van der Waals surface area (Å²) in [4.78, 5) is 28.2. The molecule has 4 rings (SSSR count). The van der Waals surface area contributed by atoms with Crippen molar-refractivity contribution in [3.05, 3.63) is 69.6 Å². The molecule has 1 aliphatic heterocycles. The normalized spacial score (nSPS) is 16.6. The number of hydrogen-bond donors (Lipinski definition) is 1. The van der Waals surface area contributed by atoms with Gasteiger partial charge >= 0.3 is 0 Å². The molecular formula is C21H20N2O3S. The van der Waals surface area contributed by atoms with Crippen molar-refractivity contribution in [3.8, 4) is 11.3 Å². The molecule has 0 bridgehead atoms. The lowest BCUT2D eigenvalue weighted by atomic mass is 10.1. The minimum atomic E-state index is -0.432. The number of thiophene rings is 1. The van der Waals surface area contributed by atoms with E-state index in [1.54, 1.807) is 6.07 Å². The number of carbonyl (C=O) groups excluding carboxylic acids is 2. The molecule has 0 saturated carbocycles. The lowest BCUT2D eigenvalue weighted by molar-refractivity contribution is 0.0738. The van der Waals surface area contributed by atoms with Crippen LogP contribution in [0, 0.1) is 6.92 Å². The number of nitrogens with two attached hydrogens (primary N) is 1. The van der Waals surface area contributed by atoms with Crippen molar-refractivity contribution in [2.45, 2.75) is 25.8 Å². The first-order valence-electron chi connectivity index (χ1n) is 8.91. The Morgan fingerprint density at radius 2 is 1.96 bits per heavy atom. The fourth-order valence-corrected chi connectivity index (χ4v) is 4.61. The lowest BCUT2D eigenvalue weighted by Gasteiger charge is -2.23. The van der Waals surface area contributed by atoms with Crippen LogP contribution in [0.4, 0.5) is 0 Å². The van der Waals surface area contributed by atoms with Gasteiger partial charge in [0.1, 0.15) is 11.5 Å². The third kappa shape index (κ3) is 3.28. The molecular weight excluding hydrogens is 360 g/mol. The summed E-state index contributed by atoms with van der Waals surface area (Å²) in [7, 11) is 0. The van der Waals surface area contributed by atoms with Gasteiger partial charge in [-0.3, -0.25) is 9.59 Å². The minimum Gasteiger partial charge on any atom is -0.461 e. The van der Waals surface area contributed by atoms with E-state index < -0.39 is 5.91 Å². The molecule has 6 heteroatoms. The van der Waals surface area contributed by atoms with Crippen molar-refractivity contribution >= 4 is 23.2 Å². The van der Waals surface area contributed by atoms with Crippen molar-refractivity contribution in [1.82, 2.24) is 4.90 Å². The van der Waals surface area contributed by atoms with Crippen LogP contribution in [0.1, 0.15) is 49.6 Å². The fourth-order valence-electron chi connectivity index (χ4n) is 3.60. The summed E-state index contributed by atoms with van der Waals surface area (Å²) >= 11 is 1.37. The summed E-state index contributed by atoms with van der Waals surface area (Å²) in [6.45, 7) is 2.54. The number of primary amides is 1. The molecule has 0 unspecified atom stereocenters. The molecule has 3 heterocycles. The second kappa shape index (κ2) is 7.04. The van der Waals surface area contributed by atoms with Crippen molar-refractivity contribution < 1.29 is 14.0 Å². The van der Waals surface area contributed by atoms with Crippen molar-refractivity contribution in [3.63, 3.8) is 0 Å². The Kier molecular flexibility index (Phi) is 4.58. The van der Waals surface area contributed by atoms with Gasteiger partial charge in [-0.15, -0.1) is 11.3 Å². The minimum absolute atomic E-state index is 0.0329. The van der Waals surface area contributed by atoms with Crippen LogP contribution in [0.15, 0.2) is 52.9 Å². The highest BCUT2D eigenvalue weighted by atomic mass is 32.1. The van der Waals surface area contributed by atoms with E-state index in [1.165, 1.54) is 11.3 Å². The Morgan fingerprint density at radius 3 is 2.67 bits per heavy atom. The van der Waals surface area contributed by atoms with Gasteiger partial charge in [0.15, 0.2) is 0 Å². The number of rotatable bonds is 4. The number of furan rings is 1. The number of nitrogens with zero attached hydrogens (tertiary/aromatic N) is 1. The molecule has 1 atom stereocenters. The van der Waals surface area contributed by atoms with Crippen LogP contribution in [0.25, 0.3) is 11.3 Å². The zero-order valence-electron chi connectivity index (χ0n) is 15.0. The van der Waals surface area contributed by atoms with Gasteiger partial charge in [-0.25, -0.2) is 0 Å². The van der Waals surface area contributed by atoms with Gasteiger partial charge in [0.25, 0.3) is 11.8 Å². The second-order valence-corrected chi connectivity index (χ2v) is 7.80. The Bertz CT molecular complexity index is 990. The van der Waals surface area contributed by atoms with Crippen molar-refractivity contribution in [1.29, 1.82) is 0 Å². The zero-order valence-corrected chi connectivity index (χ0v) is 15.8. The van der Waals surface area contributed by atoms with Gasteiger partial charge in [0, 0.05) is 17.0 Å². The molecule has 1 fully saturated rings. The second-order valence-electron chi connectivity index (χ2n) is 6.69. The average molecular weight is 380 g/mol. The standard InChI is InChI=1S/C21H20N2O3S/c1-13-12-15(19(26-13)14-6-3-2-4-7-14)21(25)23-11-5-8-16(23)17-9-10-18(27-17)20(22)24/h2-4,6-7,9-10,12,16H,5,8,11H2,1H3,(H2,22,24)/t16-/m1/s1. The lowest BCUT2D eigenvalue weighted by Crippen LogP contribution is -2.30. The number of benzene rings is 1. The van der Waals surface area contributed by atoms with Crippen LogP contribution < -0.4 is 5.73 Å². The maximum absolute atomic E-state index is 13.4. The highest BCUT2D eigenvalue weighted by Gasteiger charge is 2.34. The maximum atomic E-state index is 13.4. The van der Waals surface area contributed by atoms with E-state index in [1.807, 2.05) is 54.3 Å². The average Bonchev–Trinajstić information content (AvgIpc) is 3.40. The molecule has 138 valence electrons. The van der Waals surface area contributed by atoms with E-state index in [-0.39, 0.29) is 11.9 Å². The van der Waals surface area contributed by atoms with Crippen molar-refractivity contribution in [2.24, 2.45) is 5.73 Å². The summed E-state index contributed by atoms with van der Waals surface area (Å²) in [5.41, 5.74) is 6.84. The highest BCUT2D eigenvalue weighted by molar-refractivity contribution is 7.14. The molecule has 0 aliphatic carbocycles. The number of carbonyl (C=O) groups is 2. The summed E-state index contributed by atoms with van der Waals surface area (Å²) in [6.07, 6.45) is 1.81. The van der Waals surface area contributed by atoms with Crippen LogP contribution in [0.5, 0.6) is 0 Å². The molecule has 2 amide bonds. The summed E-state index contributed by atoms with van der Waals surface area (Å²) < 4.78 is 5.85. The quantitative estimate of drug-likeness (QED) is 0.729. The fraction of sp³-hybridized carbons (Fsp3) is 0.238. The summed E-state index contributed by atoms with van der Waals surface area (Å²) in [5, 5.41) is 0. The van der Waals surface area contributed by atoms with Crippen LogP contribution in [-0.4, -0.2) is 23.3 Å². The van der Waals surface area contributed by atoms with Gasteiger partial charge in [-0.05, 0) is 38.0 Å². The Balaban J connectivity index is 1.67. The number of hydrogen-bond acceptors (Lipinski definition) is 4. The van der Waals surface area contributed by atoms with E-state index in [0.717, 1.165) is 23.3 Å². The molecule has 1 aliphatic rings. The molecule has 1 saturated heterocycles. The molecule has 27 heavy (non-hydrogen) atoms. The molecule has 3 aromatic rings. The molecule has 5 nitrogen and oxygen atoms in total. The maximum Gasteiger partial charge on any atom is 0.258 e. The predicted molar refractivity (Wildman–Crippen MR) is 105 cm³/mol. The van der Waals surface area contributed by atoms with E-state index in [4.69, 9.17) is 10.2 Å². The molecule has 2 aromatic heterocycles. The van der Waals surface area contributed by atoms with E-state index in [2.05, 4.69) is 0 Å². The first kappa shape index (κ1) is 17.5. The molecule has 2 N–H and O–H groups in total. The topological polar surface area (TPSA) is 76.5 Å². The van der Waals surface area contributed by atoms with Gasteiger partial charge in [-0.2, -0.15) is 0 Å². The highest BCUT2D eigenvalue weighted by Crippen LogP contribution is 2.38. The van der Waals surface area contributed by atoms with Crippen LogP contribution in [-0.2, 0) is 0 Å². The first-order chi connectivity index (χ1) is 13.0. The van der Waals surface area contributed by atoms with Crippen LogP contribution >= 0.6 is 11.3 Å². The predicted octanol–water partition coefficient (Wildman–Crippen LogP) is 4.39. The number of aryl methyl sites for hydroxylation is 1. The van der Waals surface area contributed by atoms with Gasteiger partial charge < -0.3 is 15.1 Å². The van der Waals surface area contributed by atoms with Gasteiger partial charge in [0.05, 0.1) is 16.5 Å². The van der Waals surface area contributed by atoms with Crippen LogP contribution in [0.2, 0.25) is 0 Å². The van der Waals surface area contributed by atoms with Gasteiger partial charge in [-0.1, -0.05) is 30.3 Å². The van der Waals surface area contributed by atoms with E-state index in [9.17, 15) is 9.59 Å². The largest absolute Gasteiger partial charge is 0.461 e. The summed E-state index contributed by atoms with van der Waals surface area (Å²) in [6, 6.07) is 15.1. The van der Waals surface area contributed by atoms with Gasteiger partial charge in [0.2, 0.25) is 0 Å². The zero-order chi connectivity index (χ0) is 19.0. The third-order valence-corrected chi connectivity index (χ3v) is 6.03. The molecule has 0 radical (unpaired) electrons. The van der Waals surface area contributed by atoms with Crippen molar-refractivity contribution in [2.75, 3.05) is 6.54 Å². The Morgan fingerprint density at radius 1 is 1.19 bits per heavy atom. The molecule has 1 aromatic carbocycles. The monoisotopic (exact) mass is 380 g/mol. The Labute approximate surface area is 161 Å². The Hall–Kier alpha value is -2.86. The first-order valence-corrected chi connectivity index (χ1v) is 9.72. The summed E-state index contributed by atoms with van der Waals surface area (Å²) in [5.74, 6) is 0.842. The van der Waals surface area contributed by atoms with E-state index >= 15 is 0 Å². The smallest absolute Gasteiger partial charge is 0.258 e. The SMILES string of the molecule is Cc1cc(C(=O)N2CCC[C@@H]2c2ccc(C(N)=O)s2)c(-c2ccccc2)o1. The molecule has 0 spiro atoms. The van der Waals surface area contributed by atoms with Crippen LogP contribution in [0.3, 0.4) is 0 Å². The number of amides is 2. The third-order valence-electron chi connectivity index (χ3n) is 4.83. The van der Waals surface area contributed by atoms with E-state index in [0.29, 0.717) is 28.5 Å².